The van der Waals surface area contributed by atoms with Gasteiger partial charge in [0.2, 0.25) is 0 Å². The first-order valence-corrected chi connectivity index (χ1v) is 11.1. The van der Waals surface area contributed by atoms with Gasteiger partial charge in [0.15, 0.2) is 11.5 Å². The minimum absolute atomic E-state index is 0.0341. The van der Waals surface area contributed by atoms with E-state index in [-0.39, 0.29) is 11.9 Å². The number of carbonyl (C=O) groups is 1. The van der Waals surface area contributed by atoms with Crippen LogP contribution >= 0.6 is 0 Å². The molecule has 0 bridgehead atoms. The fourth-order valence-corrected chi connectivity index (χ4v) is 4.67. The molecule has 1 amide bonds. The van der Waals surface area contributed by atoms with Crippen molar-refractivity contribution in [1.82, 2.24) is 14.7 Å². The largest absolute Gasteiger partial charge is 0.486 e. The number of rotatable bonds is 4. The molecule has 0 spiro atoms. The summed E-state index contributed by atoms with van der Waals surface area (Å²) in [4.78, 5) is 15.8. The van der Waals surface area contributed by atoms with E-state index in [1.807, 2.05) is 58.1 Å². The Labute approximate surface area is 181 Å². The topological polar surface area (TPSA) is 56.6 Å². The fraction of sp³-hybridized carbons (Fsp3) is 0.360. The van der Waals surface area contributed by atoms with Crippen LogP contribution in [0.2, 0.25) is 0 Å². The predicted octanol–water partition coefficient (Wildman–Crippen LogP) is 4.50. The van der Waals surface area contributed by atoms with E-state index in [0.29, 0.717) is 24.8 Å². The maximum atomic E-state index is 13.8. The Morgan fingerprint density at radius 3 is 2.55 bits per heavy atom. The van der Waals surface area contributed by atoms with Gasteiger partial charge in [0.25, 0.3) is 5.91 Å². The zero-order valence-corrected chi connectivity index (χ0v) is 17.4. The highest BCUT2D eigenvalue weighted by atomic mass is 16.6. The first-order valence-electron chi connectivity index (χ1n) is 11.1. The molecular weight excluding hydrogens is 390 g/mol. The van der Waals surface area contributed by atoms with E-state index >= 15 is 0 Å². The molecule has 1 saturated carbocycles. The van der Waals surface area contributed by atoms with Gasteiger partial charge in [-0.2, -0.15) is 5.10 Å². The van der Waals surface area contributed by atoms with E-state index in [9.17, 15) is 4.79 Å². The van der Waals surface area contributed by atoms with Crippen LogP contribution in [0.4, 0.5) is 0 Å². The van der Waals surface area contributed by atoms with E-state index < -0.39 is 0 Å². The summed E-state index contributed by atoms with van der Waals surface area (Å²) in [5.74, 6) is 2.08. The van der Waals surface area contributed by atoms with Gasteiger partial charge in [-0.25, -0.2) is 4.68 Å². The number of likely N-dealkylation sites (tertiary alicyclic amines) is 1. The molecule has 2 aliphatic heterocycles. The van der Waals surface area contributed by atoms with Crippen LogP contribution in [0.3, 0.4) is 0 Å². The lowest BCUT2D eigenvalue weighted by molar-refractivity contribution is 0.0726. The van der Waals surface area contributed by atoms with Crippen molar-refractivity contribution in [2.24, 2.45) is 0 Å². The average molecular weight is 415 g/mol. The summed E-state index contributed by atoms with van der Waals surface area (Å²) in [6.45, 7) is 1.88. The van der Waals surface area contributed by atoms with E-state index in [1.54, 1.807) is 0 Å². The molecule has 2 aromatic carbocycles. The quantitative estimate of drug-likeness (QED) is 0.630. The minimum atomic E-state index is 0.0341. The monoisotopic (exact) mass is 415 g/mol. The fourth-order valence-electron chi connectivity index (χ4n) is 4.67. The summed E-state index contributed by atoms with van der Waals surface area (Å²) in [5, 5.41) is 4.82. The highest BCUT2D eigenvalue weighted by Gasteiger charge is 2.35. The SMILES string of the molecule is O=C(c1cc(C2CC2)nn1-c1ccccc1)N1CCCC1c1ccc2c(c1)OCCO2. The van der Waals surface area contributed by atoms with Crippen molar-refractivity contribution in [3.8, 4) is 17.2 Å². The number of nitrogens with zero attached hydrogens (tertiary/aromatic N) is 3. The molecular formula is C25H25N3O3. The number of ether oxygens (including phenoxy) is 2. The Morgan fingerprint density at radius 1 is 0.935 bits per heavy atom. The lowest BCUT2D eigenvalue weighted by Gasteiger charge is -2.27. The molecule has 1 atom stereocenters. The maximum absolute atomic E-state index is 13.8. The number of aromatic nitrogens is 2. The number of amides is 1. The molecule has 3 heterocycles. The summed E-state index contributed by atoms with van der Waals surface area (Å²) in [6, 6.07) is 18.1. The predicted molar refractivity (Wildman–Crippen MR) is 116 cm³/mol. The van der Waals surface area contributed by atoms with Gasteiger partial charge in [0.1, 0.15) is 18.9 Å². The number of para-hydroxylation sites is 1. The van der Waals surface area contributed by atoms with Gasteiger partial charge in [-0.3, -0.25) is 4.79 Å². The zero-order valence-electron chi connectivity index (χ0n) is 17.4. The number of carbonyl (C=O) groups excluding carboxylic acids is 1. The lowest BCUT2D eigenvalue weighted by atomic mass is 10.0. The standard InChI is InChI=1S/C25H25N3O3/c29-25(22-16-20(17-8-9-17)26-28(22)19-5-2-1-3-6-19)27-12-4-7-21(27)18-10-11-23-24(15-18)31-14-13-30-23/h1-3,5-6,10-11,15-17,21H,4,7-9,12-14H2. The Morgan fingerprint density at radius 2 is 1.74 bits per heavy atom. The second-order valence-corrected chi connectivity index (χ2v) is 8.54. The molecule has 6 nitrogen and oxygen atoms in total. The zero-order chi connectivity index (χ0) is 20.8. The van der Waals surface area contributed by atoms with Gasteiger partial charge in [-0.15, -0.1) is 0 Å². The first kappa shape index (κ1) is 18.5. The molecule has 6 heteroatoms. The Balaban J connectivity index is 1.35. The van der Waals surface area contributed by atoms with Crippen LogP contribution in [0.15, 0.2) is 54.6 Å². The normalized spacial score (nSPS) is 20.1. The summed E-state index contributed by atoms with van der Waals surface area (Å²) >= 11 is 0. The van der Waals surface area contributed by atoms with Crippen LogP contribution < -0.4 is 9.47 Å². The van der Waals surface area contributed by atoms with Crippen molar-refractivity contribution in [2.75, 3.05) is 19.8 Å². The van der Waals surface area contributed by atoms with E-state index in [2.05, 4.69) is 6.07 Å². The van der Waals surface area contributed by atoms with Gasteiger partial charge in [-0.05, 0) is 61.6 Å². The number of benzene rings is 2. The molecule has 2 fully saturated rings. The van der Waals surface area contributed by atoms with Crippen LogP contribution in [0.25, 0.3) is 5.69 Å². The van der Waals surface area contributed by atoms with Crippen molar-refractivity contribution in [2.45, 2.75) is 37.6 Å². The molecule has 1 saturated heterocycles. The number of hydrogen-bond acceptors (Lipinski definition) is 4. The number of hydrogen-bond donors (Lipinski definition) is 0. The Kier molecular flexibility index (Phi) is 4.44. The van der Waals surface area contributed by atoms with Crippen molar-refractivity contribution in [3.63, 3.8) is 0 Å². The summed E-state index contributed by atoms with van der Waals surface area (Å²) in [6.07, 6.45) is 4.24. The minimum Gasteiger partial charge on any atom is -0.486 e. The highest BCUT2D eigenvalue weighted by molar-refractivity contribution is 5.94. The maximum Gasteiger partial charge on any atom is 0.273 e. The third-order valence-electron chi connectivity index (χ3n) is 6.41. The summed E-state index contributed by atoms with van der Waals surface area (Å²) < 4.78 is 13.3. The average Bonchev–Trinajstić information content (AvgIpc) is 3.39. The molecule has 0 radical (unpaired) electrons. The molecule has 158 valence electrons. The van der Waals surface area contributed by atoms with Crippen LogP contribution in [-0.4, -0.2) is 40.3 Å². The molecule has 3 aromatic rings. The molecule has 1 aliphatic carbocycles. The van der Waals surface area contributed by atoms with E-state index in [4.69, 9.17) is 14.6 Å². The number of fused-ring (bicyclic) bond motifs is 1. The van der Waals surface area contributed by atoms with Crippen LogP contribution in [0.5, 0.6) is 11.5 Å². The van der Waals surface area contributed by atoms with Crippen molar-refractivity contribution < 1.29 is 14.3 Å². The molecule has 6 rings (SSSR count). The smallest absolute Gasteiger partial charge is 0.273 e. The van der Waals surface area contributed by atoms with E-state index in [1.165, 1.54) is 0 Å². The highest BCUT2D eigenvalue weighted by Crippen LogP contribution is 2.41. The van der Waals surface area contributed by atoms with Gasteiger partial charge in [0.05, 0.1) is 17.4 Å². The first-order chi connectivity index (χ1) is 15.3. The summed E-state index contributed by atoms with van der Waals surface area (Å²) in [5.41, 5.74) is 3.70. The van der Waals surface area contributed by atoms with Crippen LogP contribution in [0, 0.1) is 0 Å². The molecule has 1 unspecified atom stereocenters. The Hall–Kier alpha value is -3.28. The molecule has 0 N–H and O–H groups in total. The van der Waals surface area contributed by atoms with Crippen molar-refractivity contribution in [1.29, 1.82) is 0 Å². The van der Waals surface area contributed by atoms with Gasteiger partial charge in [-0.1, -0.05) is 24.3 Å². The molecule has 31 heavy (non-hydrogen) atoms. The van der Waals surface area contributed by atoms with Crippen molar-refractivity contribution >= 4 is 5.91 Å². The third kappa shape index (κ3) is 3.36. The van der Waals surface area contributed by atoms with Crippen molar-refractivity contribution in [3.05, 3.63) is 71.5 Å². The van der Waals surface area contributed by atoms with Crippen LogP contribution in [0.1, 0.15) is 59.4 Å². The van der Waals surface area contributed by atoms with Crippen LogP contribution in [-0.2, 0) is 0 Å². The Bertz CT molecular complexity index is 1120. The molecule has 3 aliphatic rings. The third-order valence-corrected chi connectivity index (χ3v) is 6.41. The van der Waals surface area contributed by atoms with E-state index in [0.717, 1.165) is 60.7 Å². The lowest BCUT2D eigenvalue weighted by Crippen LogP contribution is -2.32. The van der Waals surface area contributed by atoms with Gasteiger partial charge < -0.3 is 14.4 Å². The molecule has 1 aromatic heterocycles. The summed E-state index contributed by atoms with van der Waals surface area (Å²) in [7, 11) is 0. The van der Waals surface area contributed by atoms with Gasteiger partial charge in [0, 0.05) is 12.5 Å². The second-order valence-electron chi connectivity index (χ2n) is 8.54. The second kappa shape index (κ2) is 7.45. The van der Waals surface area contributed by atoms with Gasteiger partial charge >= 0.3 is 0 Å².